The summed E-state index contributed by atoms with van der Waals surface area (Å²) in [5.41, 5.74) is 0.452. The van der Waals surface area contributed by atoms with Crippen LogP contribution in [0.2, 0.25) is 0 Å². The number of morpholine rings is 1. The molecule has 2 heterocycles. The van der Waals surface area contributed by atoms with Gasteiger partial charge in [-0.1, -0.05) is 11.3 Å². The molecule has 0 atom stereocenters. The van der Waals surface area contributed by atoms with Gasteiger partial charge in [-0.2, -0.15) is 0 Å². The summed E-state index contributed by atoms with van der Waals surface area (Å²) in [6.07, 6.45) is 0.688. The molecule has 36 heavy (non-hydrogen) atoms. The fourth-order valence-corrected chi connectivity index (χ4v) is 4.99. The first kappa shape index (κ1) is 28.0. The minimum Gasteiger partial charge on any atom is -0.490 e. The van der Waals surface area contributed by atoms with Gasteiger partial charge in [-0.05, 0) is 44.5 Å². The van der Waals surface area contributed by atoms with E-state index in [0.717, 1.165) is 37.0 Å². The van der Waals surface area contributed by atoms with Crippen LogP contribution in [0.5, 0.6) is 11.5 Å². The third-order valence-corrected chi connectivity index (χ3v) is 6.65. The lowest BCUT2D eigenvalue weighted by Gasteiger charge is -2.27. The molecule has 1 fully saturated rings. The highest BCUT2D eigenvalue weighted by atomic mass is 35.5. The molecule has 0 radical (unpaired) electrons. The van der Waals surface area contributed by atoms with E-state index >= 15 is 0 Å². The van der Waals surface area contributed by atoms with E-state index in [4.69, 9.17) is 14.2 Å². The number of fused-ring (bicyclic) bond motifs is 1. The molecule has 0 saturated carbocycles. The molecule has 0 aliphatic carbocycles. The maximum absolute atomic E-state index is 14.3. The average molecular weight is 542 g/mol. The van der Waals surface area contributed by atoms with Crippen molar-refractivity contribution in [2.24, 2.45) is 0 Å². The fourth-order valence-electron chi connectivity index (χ4n) is 3.96. The van der Waals surface area contributed by atoms with Crippen molar-refractivity contribution in [3.63, 3.8) is 0 Å². The zero-order valence-electron chi connectivity index (χ0n) is 20.3. The molecule has 0 bridgehead atoms. The average Bonchev–Trinajstić information content (AvgIpc) is 3.27. The maximum atomic E-state index is 14.3. The molecule has 1 amide bonds. The molecule has 1 aliphatic heterocycles. The number of hydrogen-bond acceptors (Lipinski definition) is 7. The van der Waals surface area contributed by atoms with Crippen LogP contribution in [-0.2, 0) is 4.74 Å². The number of benzene rings is 2. The second-order valence-electron chi connectivity index (χ2n) is 8.02. The molecule has 0 unspecified atom stereocenters. The van der Waals surface area contributed by atoms with E-state index in [1.807, 2.05) is 13.8 Å². The van der Waals surface area contributed by atoms with E-state index in [1.165, 1.54) is 11.0 Å². The van der Waals surface area contributed by atoms with Crippen LogP contribution in [0, 0.1) is 11.6 Å². The lowest BCUT2D eigenvalue weighted by atomic mass is 10.1. The maximum Gasteiger partial charge on any atom is 0.260 e. The summed E-state index contributed by atoms with van der Waals surface area (Å²) < 4.78 is 45.2. The van der Waals surface area contributed by atoms with Crippen molar-refractivity contribution in [3.8, 4) is 11.5 Å². The predicted molar refractivity (Wildman–Crippen MR) is 139 cm³/mol. The first-order valence-electron chi connectivity index (χ1n) is 11.8. The Hall–Kier alpha value is -2.53. The molecule has 3 aromatic rings. The number of halogens is 3. The Labute approximate surface area is 219 Å². The Morgan fingerprint density at radius 3 is 2.56 bits per heavy atom. The third kappa shape index (κ3) is 6.61. The van der Waals surface area contributed by atoms with E-state index < -0.39 is 11.6 Å². The molecule has 1 aromatic heterocycles. The summed E-state index contributed by atoms with van der Waals surface area (Å²) in [6.45, 7) is 8.85. The van der Waals surface area contributed by atoms with Crippen LogP contribution in [0.4, 0.5) is 13.9 Å². The summed E-state index contributed by atoms with van der Waals surface area (Å²) in [4.78, 5) is 21.9. The summed E-state index contributed by atoms with van der Waals surface area (Å²) in [6, 6.07) is 7.08. The first-order valence-corrected chi connectivity index (χ1v) is 12.6. The molecule has 1 aliphatic rings. The van der Waals surface area contributed by atoms with E-state index in [2.05, 4.69) is 9.88 Å². The number of hydrogen-bond donors (Lipinski definition) is 0. The fraction of sp³-hybridized carbons (Fsp3) is 0.440. The van der Waals surface area contributed by atoms with E-state index in [9.17, 15) is 13.6 Å². The van der Waals surface area contributed by atoms with Gasteiger partial charge in [0.1, 0.15) is 11.3 Å². The Balaban J connectivity index is 0.00000361. The predicted octanol–water partition coefficient (Wildman–Crippen LogP) is 5.16. The third-order valence-electron chi connectivity index (χ3n) is 5.63. The van der Waals surface area contributed by atoms with Gasteiger partial charge in [-0.3, -0.25) is 14.6 Å². The molecule has 2 aromatic carbocycles. The van der Waals surface area contributed by atoms with Crippen molar-refractivity contribution >= 4 is 45.0 Å². The van der Waals surface area contributed by atoms with Gasteiger partial charge in [0.15, 0.2) is 22.4 Å². The van der Waals surface area contributed by atoms with Crippen LogP contribution in [0.3, 0.4) is 0 Å². The number of carbonyl (C=O) groups is 1. The molecular formula is C25H30ClF2N3O4S. The van der Waals surface area contributed by atoms with E-state index in [1.54, 1.807) is 18.2 Å². The zero-order chi connectivity index (χ0) is 24.8. The van der Waals surface area contributed by atoms with Gasteiger partial charge in [0.25, 0.3) is 5.91 Å². The number of carbonyl (C=O) groups excluding carboxylic acids is 1. The number of anilines is 1. The normalized spacial score (nSPS) is 13.9. The molecule has 7 nitrogen and oxygen atoms in total. The molecule has 4 rings (SSSR count). The molecular weight excluding hydrogens is 512 g/mol. The van der Waals surface area contributed by atoms with Gasteiger partial charge >= 0.3 is 0 Å². The lowest BCUT2D eigenvalue weighted by Crippen LogP contribution is -2.39. The Bertz CT molecular complexity index is 1170. The number of ether oxygens (including phenoxy) is 3. The van der Waals surface area contributed by atoms with Crippen molar-refractivity contribution in [1.82, 2.24) is 9.88 Å². The van der Waals surface area contributed by atoms with Crippen LogP contribution >= 0.6 is 23.7 Å². The van der Waals surface area contributed by atoms with Crippen LogP contribution in [0.15, 0.2) is 30.3 Å². The Morgan fingerprint density at radius 1 is 1.11 bits per heavy atom. The molecule has 0 N–H and O–H groups in total. The largest absolute Gasteiger partial charge is 0.490 e. The number of nitrogens with zero attached hydrogens (tertiary/aromatic N) is 3. The standard InChI is InChI=1S/C25H29F2N3O4S.ClH/c1-3-33-20-7-6-17(14-21(20)34-4-2)24(31)30(9-5-8-29-10-12-32-13-11-29)25-28-23-19(27)15-18(26)16-22(23)35-25;/h6-7,14-16H,3-5,8-13H2,1-2H3;1H. The van der Waals surface area contributed by atoms with Gasteiger partial charge in [0.2, 0.25) is 0 Å². The van der Waals surface area contributed by atoms with Crippen molar-refractivity contribution < 1.29 is 27.8 Å². The lowest BCUT2D eigenvalue weighted by molar-refractivity contribution is 0.0376. The molecule has 11 heteroatoms. The second-order valence-corrected chi connectivity index (χ2v) is 9.03. The van der Waals surface area contributed by atoms with Crippen molar-refractivity contribution in [2.45, 2.75) is 20.3 Å². The highest BCUT2D eigenvalue weighted by Gasteiger charge is 2.24. The summed E-state index contributed by atoms with van der Waals surface area (Å²) >= 11 is 1.09. The van der Waals surface area contributed by atoms with Crippen LogP contribution in [0.25, 0.3) is 10.2 Å². The SMILES string of the molecule is CCOc1ccc(C(=O)N(CCCN2CCOCC2)c2nc3c(F)cc(F)cc3s2)cc1OCC.Cl. The minimum atomic E-state index is -0.747. The Morgan fingerprint density at radius 2 is 1.83 bits per heavy atom. The first-order chi connectivity index (χ1) is 17.0. The molecule has 1 saturated heterocycles. The summed E-state index contributed by atoms with van der Waals surface area (Å²) in [5.74, 6) is -0.685. The number of thiazole rings is 1. The monoisotopic (exact) mass is 541 g/mol. The summed E-state index contributed by atoms with van der Waals surface area (Å²) in [5, 5.41) is 0.323. The van der Waals surface area contributed by atoms with Crippen LogP contribution in [-0.4, -0.2) is 68.4 Å². The van der Waals surface area contributed by atoms with Crippen LogP contribution in [0.1, 0.15) is 30.6 Å². The second kappa shape index (κ2) is 13.1. The topological polar surface area (TPSA) is 64.1 Å². The zero-order valence-corrected chi connectivity index (χ0v) is 21.9. The quantitative estimate of drug-likeness (QED) is 0.353. The number of rotatable bonds is 10. The van der Waals surface area contributed by atoms with Crippen molar-refractivity contribution in [2.75, 3.05) is 57.5 Å². The van der Waals surface area contributed by atoms with Gasteiger partial charge in [0.05, 0.1) is 31.1 Å². The van der Waals surface area contributed by atoms with Crippen molar-refractivity contribution in [3.05, 3.63) is 47.5 Å². The van der Waals surface area contributed by atoms with Crippen LogP contribution < -0.4 is 14.4 Å². The van der Waals surface area contributed by atoms with Gasteiger partial charge in [0, 0.05) is 37.8 Å². The van der Waals surface area contributed by atoms with Gasteiger partial charge in [-0.15, -0.1) is 12.4 Å². The minimum absolute atomic E-state index is 0. The van der Waals surface area contributed by atoms with E-state index in [0.29, 0.717) is 66.3 Å². The van der Waals surface area contributed by atoms with E-state index in [-0.39, 0.29) is 23.8 Å². The Kier molecular flexibility index (Phi) is 10.2. The summed E-state index contributed by atoms with van der Waals surface area (Å²) in [7, 11) is 0. The molecule has 0 spiro atoms. The molecule has 196 valence electrons. The van der Waals surface area contributed by atoms with Gasteiger partial charge in [-0.25, -0.2) is 13.8 Å². The highest BCUT2D eigenvalue weighted by Crippen LogP contribution is 2.34. The number of aromatic nitrogens is 1. The smallest absolute Gasteiger partial charge is 0.260 e. The van der Waals surface area contributed by atoms with Crippen molar-refractivity contribution in [1.29, 1.82) is 0 Å². The number of amides is 1. The van der Waals surface area contributed by atoms with Gasteiger partial charge < -0.3 is 14.2 Å². The highest BCUT2D eigenvalue weighted by molar-refractivity contribution is 7.22.